The molecule has 0 radical (unpaired) electrons. The molecular weight excluding hydrogens is 316 g/mol. The van der Waals surface area contributed by atoms with Gasteiger partial charge in [-0.05, 0) is 43.1 Å². The maximum absolute atomic E-state index is 12.4. The summed E-state index contributed by atoms with van der Waals surface area (Å²) in [5, 5.41) is 16.2. The fraction of sp³-hybridized carbons (Fsp3) is 0.300. The van der Waals surface area contributed by atoms with E-state index in [0.29, 0.717) is 24.1 Å². The smallest absolute Gasteiger partial charge is 0.251 e. The largest absolute Gasteiger partial charge is 0.387 e. The Hall–Kier alpha value is -2.50. The number of ketones is 1. The zero-order chi connectivity index (χ0) is 17.9. The van der Waals surface area contributed by atoms with Gasteiger partial charge in [-0.3, -0.25) is 9.59 Å². The van der Waals surface area contributed by atoms with Crippen molar-refractivity contribution < 1.29 is 14.7 Å². The van der Waals surface area contributed by atoms with E-state index < -0.39 is 5.60 Å². The van der Waals surface area contributed by atoms with Crippen molar-refractivity contribution in [2.24, 2.45) is 0 Å². The van der Waals surface area contributed by atoms with Gasteiger partial charge < -0.3 is 15.7 Å². The molecule has 3 rings (SSSR count). The minimum atomic E-state index is -0.880. The molecule has 1 atom stereocenters. The molecule has 1 aliphatic heterocycles. The van der Waals surface area contributed by atoms with Crippen LogP contribution in [0.25, 0.3) is 11.1 Å². The number of carbonyl (C=O) groups is 2. The Bertz CT molecular complexity index is 795. The molecule has 0 aromatic heterocycles. The average Bonchev–Trinajstić information content (AvgIpc) is 3.07. The molecule has 0 saturated carbocycles. The second kappa shape index (κ2) is 7.17. The molecule has 0 spiro atoms. The van der Waals surface area contributed by atoms with Crippen molar-refractivity contribution in [1.82, 2.24) is 10.6 Å². The third kappa shape index (κ3) is 3.95. The number of carbonyl (C=O) groups excluding carboxylic acids is 2. The van der Waals surface area contributed by atoms with Gasteiger partial charge in [0.05, 0.1) is 5.60 Å². The highest BCUT2D eigenvalue weighted by molar-refractivity contribution is 6.02. The molecule has 0 unspecified atom stereocenters. The molecule has 1 fully saturated rings. The lowest BCUT2D eigenvalue weighted by atomic mass is 9.96. The number of hydrogen-bond donors (Lipinski definition) is 3. The molecule has 3 N–H and O–H groups in total. The van der Waals surface area contributed by atoms with Crippen LogP contribution in [-0.2, 0) is 0 Å². The molecule has 25 heavy (non-hydrogen) atoms. The van der Waals surface area contributed by atoms with Crippen molar-refractivity contribution in [3.63, 3.8) is 0 Å². The van der Waals surface area contributed by atoms with E-state index in [1.165, 1.54) is 6.92 Å². The van der Waals surface area contributed by atoms with Crippen LogP contribution in [0.4, 0.5) is 0 Å². The van der Waals surface area contributed by atoms with E-state index in [-0.39, 0.29) is 18.2 Å². The molecule has 1 saturated heterocycles. The minimum absolute atomic E-state index is 0.0126. The van der Waals surface area contributed by atoms with Crippen LogP contribution < -0.4 is 10.6 Å². The van der Waals surface area contributed by atoms with Gasteiger partial charge in [0.15, 0.2) is 5.78 Å². The lowest BCUT2D eigenvalue weighted by Gasteiger charge is -2.21. The predicted octanol–water partition coefficient (Wildman–Crippen LogP) is 2.01. The molecule has 5 nitrogen and oxygen atoms in total. The molecule has 0 bridgehead atoms. The van der Waals surface area contributed by atoms with Crippen LogP contribution in [0.15, 0.2) is 48.5 Å². The van der Waals surface area contributed by atoms with Gasteiger partial charge in [-0.2, -0.15) is 0 Å². The van der Waals surface area contributed by atoms with Gasteiger partial charge in [-0.15, -0.1) is 0 Å². The average molecular weight is 338 g/mol. The third-order valence-electron chi connectivity index (χ3n) is 4.54. The second-order valence-electron chi connectivity index (χ2n) is 6.52. The van der Waals surface area contributed by atoms with E-state index in [0.717, 1.165) is 17.7 Å². The molecule has 5 heteroatoms. The van der Waals surface area contributed by atoms with Crippen LogP contribution in [-0.4, -0.2) is 42.0 Å². The van der Waals surface area contributed by atoms with Gasteiger partial charge in [0.25, 0.3) is 5.91 Å². The summed E-state index contributed by atoms with van der Waals surface area (Å²) in [6.45, 7) is 2.99. The summed E-state index contributed by atoms with van der Waals surface area (Å²) in [6.07, 6.45) is 0.624. The van der Waals surface area contributed by atoms with Gasteiger partial charge in [0.1, 0.15) is 0 Å². The maximum Gasteiger partial charge on any atom is 0.251 e. The van der Waals surface area contributed by atoms with E-state index in [2.05, 4.69) is 10.6 Å². The topological polar surface area (TPSA) is 78.4 Å². The van der Waals surface area contributed by atoms with Crippen LogP contribution in [0.2, 0.25) is 0 Å². The molecule has 1 amide bonds. The van der Waals surface area contributed by atoms with Crippen molar-refractivity contribution in [2.75, 3.05) is 19.6 Å². The van der Waals surface area contributed by atoms with Crippen LogP contribution in [0.3, 0.4) is 0 Å². The normalized spacial score (nSPS) is 19.6. The summed E-state index contributed by atoms with van der Waals surface area (Å²) >= 11 is 0. The summed E-state index contributed by atoms with van der Waals surface area (Å²) in [5.41, 5.74) is 1.88. The zero-order valence-corrected chi connectivity index (χ0v) is 14.2. The van der Waals surface area contributed by atoms with E-state index in [4.69, 9.17) is 0 Å². The summed E-state index contributed by atoms with van der Waals surface area (Å²) in [7, 11) is 0. The van der Waals surface area contributed by atoms with Crippen LogP contribution in [0.5, 0.6) is 0 Å². The number of aliphatic hydroxyl groups is 1. The van der Waals surface area contributed by atoms with Crippen molar-refractivity contribution in [2.45, 2.75) is 18.9 Å². The highest BCUT2D eigenvalue weighted by Gasteiger charge is 2.31. The standard InChI is InChI=1S/C20H22N2O3/c1-14(23)17-7-2-3-8-18(17)15-5-4-6-16(11-15)19(24)22-13-20(25)9-10-21-12-20/h2-8,11,21,25H,9-10,12-13H2,1H3,(H,22,24)/t20-/m0/s1. The monoisotopic (exact) mass is 338 g/mol. The van der Waals surface area contributed by atoms with Crippen molar-refractivity contribution in [3.05, 3.63) is 59.7 Å². The first-order valence-electron chi connectivity index (χ1n) is 8.40. The van der Waals surface area contributed by atoms with Gasteiger partial charge >= 0.3 is 0 Å². The van der Waals surface area contributed by atoms with Crippen molar-refractivity contribution >= 4 is 11.7 Å². The molecule has 1 aliphatic rings. The number of Topliss-reactive ketones (excluding diaryl/α,β-unsaturated/α-hetero) is 1. The Morgan fingerprint density at radius 3 is 2.72 bits per heavy atom. The van der Waals surface area contributed by atoms with E-state index >= 15 is 0 Å². The zero-order valence-electron chi connectivity index (χ0n) is 14.2. The molecule has 2 aromatic rings. The van der Waals surface area contributed by atoms with Crippen molar-refractivity contribution in [3.8, 4) is 11.1 Å². The highest BCUT2D eigenvalue weighted by atomic mass is 16.3. The highest BCUT2D eigenvalue weighted by Crippen LogP contribution is 2.25. The quantitative estimate of drug-likeness (QED) is 0.729. The van der Waals surface area contributed by atoms with Gasteiger partial charge in [-0.1, -0.05) is 36.4 Å². The van der Waals surface area contributed by atoms with Gasteiger partial charge in [0.2, 0.25) is 0 Å². The predicted molar refractivity (Wildman–Crippen MR) is 96.7 cm³/mol. The maximum atomic E-state index is 12.4. The molecule has 2 aromatic carbocycles. The Labute approximate surface area is 147 Å². The second-order valence-corrected chi connectivity index (χ2v) is 6.52. The molecule has 130 valence electrons. The van der Waals surface area contributed by atoms with Crippen LogP contribution in [0.1, 0.15) is 34.1 Å². The Morgan fingerprint density at radius 1 is 1.20 bits per heavy atom. The van der Waals surface area contributed by atoms with Crippen LogP contribution >= 0.6 is 0 Å². The Morgan fingerprint density at radius 2 is 2.00 bits per heavy atom. The first kappa shape index (κ1) is 17.3. The SMILES string of the molecule is CC(=O)c1ccccc1-c1cccc(C(=O)NC[C@]2(O)CCNC2)c1. The lowest BCUT2D eigenvalue weighted by molar-refractivity contribution is 0.0562. The Balaban J connectivity index is 1.80. The van der Waals surface area contributed by atoms with Gasteiger partial charge in [-0.25, -0.2) is 0 Å². The number of hydrogen-bond acceptors (Lipinski definition) is 4. The lowest BCUT2D eigenvalue weighted by Crippen LogP contribution is -2.44. The molecule has 1 heterocycles. The number of nitrogens with one attached hydrogen (secondary N) is 2. The third-order valence-corrected chi connectivity index (χ3v) is 4.54. The van der Waals surface area contributed by atoms with E-state index in [1.807, 2.05) is 24.3 Å². The minimum Gasteiger partial charge on any atom is -0.387 e. The van der Waals surface area contributed by atoms with Crippen molar-refractivity contribution in [1.29, 1.82) is 0 Å². The summed E-state index contributed by atoms with van der Waals surface area (Å²) in [6, 6.07) is 14.5. The van der Waals surface area contributed by atoms with E-state index in [9.17, 15) is 14.7 Å². The fourth-order valence-corrected chi connectivity index (χ4v) is 3.10. The Kier molecular flexibility index (Phi) is 4.97. The first-order valence-corrected chi connectivity index (χ1v) is 8.40. The first-order chi connectivity index (χ1) is 12.0. The number of rotatable bonds is 5. The van der Waals surface area contributed by atoms with E-state index in [1.54, 1.807) is 24.3 Å². The summed E-state index contributed by atoms with van der Waals surface area (Å²) in [5.74, 6) is -0.246. The molecular formula is C20H22N2O3. The molecule has 0 aliphatic carbocycles. The number of benzene rings is 2. The number of β-amino-alcohol motifs (C(OH)–C–C–N with tert-alkyl or cyclic N) is 1. The van der Waals surface area contributed by atoms with Gasteiger partial charge in [0, 0.05) is 24.2 Å². The summed E-state index contributed by atoms with van der Waals surface area (Å²) < 4.78 is 0. The summed E-state index contributed by atoms with van der Waals surface area (Å²) in [4.78, 5) is 24.3. The fourth-order valence-electron chi connectivity index (χ4n) is 3.10. The number of amides is 1. The van der Waals surface area contributed by atoms with Crippen LogP contribution in [0, 0.1) is 0 Å².